The van der Waals surface area contributed by atoms with Gasteiger partial charge in [0.05, 0.1) is 24.0 Å². The van der Waals surface area contributed by atoms with Gasteiger partial charge in [0.1, 0.15) is 5.82 Å². The van der Waals surface area contributed by atoms with Gasteiger partial charge in [-0.2, -0.15) is 5.48 Å². The first kappa shape index (κ1) is 18.4. The summed E-state index contributed by atoms with van der Waals surface area (Å²) in [7, 11) is 0. The quantitative estimate of drug-likeness (QED) is 0.501. The second-order valence-electron chi connectivity index (χ2n) is 7.80. The number of hydroxylamine groups is 1. The van der Waals surface area contributed by atoms with E-state index in [4.69, 9.17) is 4.98 Å². The number of aromatic amines is 1. The van der Waals surface area contributed by atoms with Crippen LogP contribution in [0.1, 0.15) is 29.4 Å². The predicted octanol–water partition coefficient (Wildman–Crippen LogP) is 2.51. The standard InChI is InChI=1S/C22H26N6O/c29-27-19-4-2-16-13-17(1-3-18(16)19)22-21(15-5-7-23-8-6-15)25-20(26-22)14-28-11-9-24-10-12-28/h1,3,5-8,13,19,24,27,29H,2,4,9-12,14H2,(H,25,26). The number of piperazine rings is 1. The summed E-state index contributed by atoms with van der Waals surface area (Å²) < 4.78 is 0. The van der Waals surface area contributed by atoms with Crippen LogP contribution in [-0.2, 0) is 13.0 Å². The van der Waals surface area contributed by atoms with Gasteiger partial charge in [-0.15, -0.1) is 0 Å². The van der Waals surface area contributed by atoms with E-state index in [0.29, 0.717) is 0 Å². The smallest absolute Gasteiger partial charge is 0.121 e. The number of nitrogens with one attached hydrogen (secondary N) is 3. The fourth-order valence-electron chi connectivity index (χ4n) is 4.41. The molecule has 1 aliphatic heterocycles. The Labute approximate surface area is 170 Å². The number of benzene rings is 1. The van der Waals surface area contributed by atoms with Crippen molar-refractivity contribution in [2.24, 2.45) is 0 Å². The molecule has 2 aromatic heterocycles. The number of pyridine rings is 1. The Bertz CT molecular complexity index is 980. The first-order valence-corrected chi connectivity index (χ1v) is 10.3. The van der Waals surface area contributed by atoms with Crippen LogP contribution in [0.4, 0.5) is 0 Å². The third-order valence-corrected chi connectivity index (χ3v) is 5.95. The highest BCUT2D eigenvalue weighted by molar-refractivity contribution is 5.79. The molecular formula is C22H26N6O. The van der Waals surface area contributed by atoms with Crippen LogP contribution in [-0.4, -0.2) is 51.2 Å². The van der Waals surface area contributed by atoms with Crippen LogP contribution in [0, 0.1) is 0 Å². The second kappa shape index (κ2) is 8.04. The molecule has 2 aliphatic rings. The summed E-state index contributed by atoms with van der Waals surface area (Å²) in [5, 5.41) is 12.8. The molecule has 0 radical (unpaired) electrons. The van der Waals surface area contributed by atoms with Gasteiger partial charge in [-0.3, -0.25) is 9.88 Å². The maximum absolute atomic E-state index is 9.37. The summed E-state index contributed by atoms with van der Waals surface area (Å²) >= 11 is 0. The molecule has 1 saturated heterocycles. The topological polar surface area (TPSA) is 89.1 Å². The lowest BCUT2D eigenvalue weighted by Gasteiger charge is -2.26. The fraction of sp³-hybridized carbons (Fsp3) is 0.364. The lowest BCUT2D eigenvalue weighted by molar-refractivity contribution is 0.126. The number of hydrogen-bond acceptors (Lipinski definition) is 6. The SMILES string of the molecule is ONC1CCc2cc(-c3nc(CN4CCNCC4)[nH]c3-c3ccncc3)ccc21. The summed E-state index contributed by atoms with van der Waals surface area (Å²) in [6, 6.07) is 10.5. The van der Waals surface area contributed by atoms with Crippen molar-refractivity contribution < 1.29 is 5.21 Å². The summed E-state index contributed by atoms with van der Waals surface area (Å²) in [5.41, 5.74) is 9.09. The maximum atomic E-state index is 9.37. The Hall–Kier alpha value is -2.58. The zero-order valence-corrected chi connectivity index (χ0v) is 16.4. The van der Waals surface area contributed by atoms with Crippen molar-refractivity contribution in [2.75, 3.05) is 26.2 Å². The summed E-state index contributed by atoms with van der Waals surface area (Å²) in [4.78, 5) is 15.2. The number of rotatable bonds is 5. The summed E-state index contributed by atoms with van der Waals surface area (Å²) in [5.74, 6) is 0.990. The molecule has 4 N–H and O–H groups in total. The molecule has 3 heterocycles. The average molecular weight is 390 g/mol. The van der Waals surface area contributed by atoms with E-state index in [1.54, 1.807) is 0 Å². The zero-order chi connectivity index (χ0) is 19.6. The number of fused-ring (bicyclic) bond motifs is 1. The highest BCUT2D eigenvalue weighted by atomic mass is 16.5. The number of aromatic nitrogens is 3. The second-order valence-corrected chi connectivity index (χ2v) is 7.80. The third-order valence-electron chi connectivity index (χ3n) is 5.95. The van der Waals surface area contributed by atoms with Gasteiger partial charge in [0, 0.05) is 49.7 Å². The van der Waals surface area contributed by atoms with E-state index in [1.165, 1.54) is 11.1 Å². The minimum absolute atomic E-state index is 0.0289. The van der Waals surface area contributed by atoms with Gasteiger partial charge in [-0.25, -0.2) is 4.98 Å². The van der Waals surface area contributed by atoms with Crippen molar-refractivity contribution in [2.45, 2.75) is 25.4 Å². The van der Waals surface area contributed by atoms with Crippen LogP contribution >= 0.6 is 0 Å². The number of H-pyrrole nitrogens is 1. The molecule has 1 unspecified atom stereocenters. The molecule has 0 amide bonds. The number of hydrogen-bond donors (Lipinski definition) is 4. The van der Waals surface area contributed by atoms with Gasteiger partial charge in [0.25, 0.3) is 0 Å². The van der Waals surface area contributed by atoms with Gasteiger partial charge in [-0.05, 0) is 42.2 Å². The van der Waals surface area contributed by atoms with Gasteiger partial charge < -0.3 is 15.5 Å². The Morgan fingerprint density at radius 2 is 1.93 bits per heavy atom. The molecule has 0 saturated carbocycles. The van der Waals surface area contributed by atoms with E-state index in [9.17, 15) is 5.21 Å². The predicted molar refractivity (Wildman–Crippen MR) is 111 cm³/mol. The molecule has 7 heteroatoms. The van der Waals surface area contributed by atoms with Crippen molar-refractivity contribution in [1.82, 2.24) is 30.6 Å². The normalized spacial score (nSPS) is 19.4. The first-order chi connectivity index (χ1) is 14.3. The molecule has 3 aromatic rings. The Morgan fingerprint density at radius 3 is 2.72 bits per heavy atom. The molecule has 29 heavy (non-hydrogen) atoms. The monoisotopic (exact) mass is 390 g/mol. The van der Waals surface area contributed by atoms with E-state index in [2.05, 4.69) is 43.9 Å². The number of aryl methyl sites for hydroxylation is 1. The van der Waals surface area contributed by atoms with E-state index >= 15 is 0 Å². The summed E-state index contributed by atoms with van der Waals surface area (Å²) in [6.07, 6.45) is 5.51. The van der Waals surface area contributed by atoms with E-state index in [-0.39, 0.29) is 6.04 Å². The summed E-state index contributed by atoms with van der Waals surface area (Å²) in [6.45, 7) is 4.94. The van der Waals surface area contributed by atoms with Crippen molar-refractivity contribution in [3.8, 4) is 22.5 Å². The van der Waals surface area contributed by atoms with Crippen LogP contribution in [0.5, 0.6) is 0 Å². The van der Waals surface area contributed by atoms with Crippen molar-refractivity contribution in [1.29, 1.82) is 0 Å². The first-order valence-electron chi connectivity index (χ1n) is 10.3. The molecule has 0 spiro atoms. The fourth-order valence-corrected chi connectivity index (χ4v) is 4.41. The molecule has 150 valence electrons. The minimum atomic E-state index is 0.0289. The zero-order valence-electron chi connectivity index (χ0n) is 16.4. The molecule has 1 fully saturated rings. The van der Waals surface area contributed by atoms with Crippen molar-refractivity contribution in [3.05, 3.63) is 59.7 Å². The van der Waals surface area contributed by atoms with Gasteiger partial charge >= 0.3 is 0 Å². The van der Waals surface area contributed by atoms with Crippen LogP contribution in [0.3, 0.4) is 0 Å². The molecule has 5 rings (SSSR count). The highest BCUT2D eigenvalue weighted by Crippen LogP contribution is 2.36. The number of nitrogens with zero attached hydrogens (tertiary/aromatic N) is 3. The van der Waals surface area contributed by atoms with E-state index < -0.39 is 0 Å². The van der Waals surface area contributed by atoms with Gasteiger partial charge in [-0.1, -0.05) is 12.1 Å². The Morgan fingerprint density at radius 1 is 1.10 bits per heavy atom. The molecule has 7 nitrogen and oxygen atoms in total. The highest BCUT2D eigenvalue weighted by Gasteiger charge is 2.24. The molecule has 0 bridgehead atoms. The Balaban J connectivity index is 1.52. The molecule has 1 aromatic carbocycles. The van der Waals surface area contributed by atoms with Crippen LogP contribution in [0.15, 0.2) is 42.7 Å². The van der Waals surface area contributed by atoms with Gasteiger partial charge in [0.2, 0.25) is 0 Å². The third kappa shape index (κ3) is 3.70. The van der Waals surface area contributed by atoms with Crippen molar-refractivity contribution >= 4 is 0 Å². The lowest BCUT2D eigenvalue weighted by atomic mass is 10.0. The minimum Gasteiger partial charge on any atom is -0.340 e. The Kier molecular flexibility index (Phi) is 5.12. The lowest BCUT2D eigenvalue weighted by Crippen LogP contribution is -2.43. The largest absolute Gasteiger partial charge is 0.340 e. The number of imidazole rings is 1. The molecule has 1 atom stereocenters. The van der Waals surface area contributed by atoms with Crippen LogP contribution in [0.2, 0.25) is 0 Å². The van der Waals surface area contributed by atoms with E-state index in [1.807, 2.05) is 24.5 Å². The van der Waals surface area contributed by atoms with E-state index in [0.717, 1.165) is 73.9 Å². The van der Waals surface area contributed by atoms with Crippen LogP contribution < -0.4 is 10.8 Å². The average Bonchev–Trinajstić information content (AvgIpc) is 3.38. The maximum Gasteiger partial charge on any atom is 0.121 e. The van der Waals surface area contributed by atoms with Gasteiger partial charge in [0.15, 0.2) is 0 Å². The molecular weight excluding hydrogens is 364 g/mol. The van der Waals surface area contributed by atoms with Crippen LogP contribution in [0.25, 0.3) is 22.5 Å². The van der Waals surface area contributed by atoms with Crippen molar-refractivity contribution in [3.63, 3.8) is 0 Å². The molecule has 1 aliphatic carbocycles.